The summed E-state index contributed by atoms with van der Waals surface area (Å²) < 4.78 is 0. The van der Waals surface area contributed by atoms with Crippen molar-refractivity contribution in [3.63, 3.8) is 0 Å². The third-order valence-electron chi connectivity index (χ3n) is 3.67. The van der Waals surface area contributed by atoms with Gasteiger partial charge < -0.3 is 15.5 Å². The Morgan fingerprint density at radius 1 is 1.00 bits per heavy atom. The van der Waals surface area contributed by atoms with Crippen LogP contribution in [-0.4, -0.2) is 42.0 Å². The van der Waals surface area contributed by atoms with Crippen molar-refractivity contribution >= 4 is 42.2 Å². The zero-order valence-corrected chi connectivity index (χ0v) is 14.2. The lowest BCUT2D eigenvalue weighted by Crippen LogP contribution is -2.49. The average molecular weight is 355 g/mol. The number of amides is 1. The predicted molar refractivity (Wildman–Crippen MR) is 97.7 cm³/mol. The van der Waals surface area contributed by atoms with Crippen LogP contribution in [-0.2, 0) is 0 Å². The van der Waals surface area contributed by atoms with Gasteiger partial charge in [0.25, 0.3) is 5.91 Å². The molecule has 7 heteroatoms. The van der Waals surface area contributed by atoms with Gasteiger partial charge in [-0.1, -0.05) is 12.1 Å². The molecule has 2 aromatic rings. The normalized spacial score (nSPS) is 13.7. The predicted octanol–water partition coefficient (Wildman–Crippen LogP) is 2.47. The van der Waals surface area contributed by atoms with Crippen molar-refractivity contribution in [3.05, 3.63) is 54.2 Å². The summed E-state index contributed by atoms with van der Waals surface area (Å²) in [4.78, 5) is 20.8. The maximum atomic E-state index is 12.4. The molecule has 124 valence electrons. The number of piperazine rings is 1. The Morgan fingerprint density at radius 3 is 2.35 bits per heavy atom. The molecule has 2 N–H and O–H groups in total. The number of rotatable bonds is 2. The summed E-state index contributed by atoms with van der Waals surface area (Å²) in [5.41, 5.74) is 7.01. The number of nitrogens with two attached hydrogens (primary N) is 1. The molecule has 1 aromatic heterocycles. The molecule has 2 heterocycles. The van der Waals surface area contributed by atoms with Crippen LogP contribution in [0.3, 0.4) is 0 Å². The highest BCUT2D eigenvalue weighted by Crippen LogP contribution is 2.15. The summed E-state index contributed by atoms with van der Waals surface area (Å²) in [7, 11) is 0. The van der Waals surface area contributed by atoms with Crippen molar-refractivity contribution < 1.29 is 4.79 Å². The number of anilines is 2. The van der Waals surface area contributed by atoms with Gasteiger partial charge in [0.15, 0.2) is 0 Å². The summed E-state index contributed by atoms with van der Waals surface area (Å²) in [5.74, 6) is 1.01. The first-order valence-electron chi connectivity index (χ1n) is 7.05. The topological polar surface area (TPSA) is 62.5 Å². The number of nitrogens with zero attached hydrogens (tertiary/aromatic N) is 3. The summed E-state index contributed by atoms with van der Waals surface area (Å²) in [5, 5.41) is 0. The molecule has 1 aliphatic heterocycles. The van der Waals surface area contributed by atoms with Crippen LogP contribution in [0.15, 0.2) is 48.7 Å². The number of pyridine rings is 1. The average Bonchev–Trinajstić information content (AvgIpc) is 2.55. The SMILES string of the molecule is Cl.Cl.Nc1cccc(C(=O)N2CCN(c3ccccn3)CC2)c1. The lowest BCUT2D eigenvalue weighted by atomic mass is 10.1. The van der Waals surface area contributed by atoms with Crippen molar-refractivity contribution in [2.75, 3.05) is 36.8 Å². The summed E-state index contributed by atoms with van der Waals surface area (Å²) >= 11 is 0. The Kier molecular flexibility index (Phi) is 7.13. The van der Waals surface area contributed by atoms with E-state index in [4.69, 9.17) is 5.73 Å². The molecule has 1 fully saturated rings. The highest BCUT2D eigenvalue weighted by Gasteiger charge is 2.22. The van der Waals surface area contributed by atoms with E-state index in [1.807, 2.05) is 35.2 Å². The monoisotopic (exact) mass is 354 g/mol. The molecule has 5 nitrogen and oxygen atoms in total. The van der Waals surface area contributed by atoms with Gasteiger partial charge in [-0.3, -0.25) is 4.79 Å². The lowest BCUT2D eigenvalue weighted by Gasteiger charge is -2.35. The molecule has 1 aromatic carbocycles. The van der Waals surface area contributed by atoms with Crippen LogP contribution in [0.25, 0.3) is 0 Å². The second kappa shape index (κ2) is 8.60. The minimum Gasteiger partial charge on any atom is -0.399 e. The molecule has 1 saturated heterocycles. The quantitative estimate of drug-likeness (QED) is 0.841. The molecule has 3 rings (SSSR count). The minimum atomic E-state index is 0. The number of carbonyl (C=O) groups is 1. The van der Waals surface area contributed by atoms with Gasteiger partial charge >= 0.3 is 0 Å². The van der Waals surface area contributed by atoms with Gasteiger partial charge in [-0.05, 0) is 30.3 Å². The molecule has 0 unspecified atom stereocenters. The van der Waals surface area contributed by atoms with Gasteiger partial charge in [0.05, 0.1) is 0 Å². The number of carbonyl (C=O) groups excluding carboxylic acids is 1. The molecular formula is C16H20Cl2N4O. The number of aromatic nitrogens is 1. The van der Waals surface area contributed by atoms with Gasteiger partial charge in [0.2, 0.25) is 0 Å². The minimum absolute atomic E-state index is 0. The Balaban J connectivity index is 0.00000132. The van der Waals surface area contributed by atoms with Crippen molar-refractivity contribution in [1.82, 2.24) is 9.88 Å². The largest absolute Gasteiger partial charge is 0.399 e. The van der Waals surface area contributed by atoms with E-state index in [9.17, 15) is 4.79 Å². The maximum Gasteiger partial charge on any atom is 0.254 e. The number of halogens is 2. The van der Waals surface area contributed by atoms with Crippen LogP contribution in [0, 0.1) is 0 Å². The van der Waals surface area contributed by atoms with E-state index in [-0.39, 0.29) is 30.7 Å². The molecule has 0 saturated carbocycles. The molecule has 0 spiro atoms. The van der Waals surface area contributed by atoms with Crippen LogP contribution in [0.5, 0.6) is 0 Å². The van der Waals surface area contributed by atoms with Gasteiger partial charge in [0, 0.05) is 43.6 Å². The maximum absolute atomic E-state index is 12.4. The molecule has 1 aliphatic rings. The summed E-state index contributed by atoms with van der Waals surface area (Å²) in [6.45, 7) is 2.99. The molecule has 1 amide bonds. The van der Waals surface area contributed by atoms with Crippen molar-refractivity contribution in [2.45, 2.75) is 0 Å². The number of hydrogen-bond acceptors (Lipinski definition) is 4. The van der Waals surface area contributed by atoms with Gasteiger partial charge in [-0.2, -0.15) is 0 Å². The zero-order valence-electron chi connectivity index (χ0n) is 12.6. The highest BCUT2D eigenvalue weighted by molar-refractivity contribution is 5.95. The second-order valence-electron chi connectivity index (χ2n) is 5.09. The Hall–Kier alpha value is -1.98. The smallest absolute Gasteiger partial charge is 0.254 e. The van der Waals surface area contributed by atoms with Gasteiger partial charge in [-0.25, -0.2) is 4.98 Å². The van der Waals surface area contributed by atoms with E-state index in [1.165, 1.54) is 0 Å². The van der Waals surface area contributed by atoms with Crippen LogP contribution in [0.4, 0.5) is 11.5 Å². The molecular weight excluding hydrogens is 335 g/mol. The van der Waals surface area contributed by atoms with Crippen LogP contribution < -0.4 is 10.6 Å². The van der Waals surface area contributed by atoms with Crippen molar-refractivity contribution in [3.8, 4) is 0 Å². The van der Waals surface area contributed by atoms with Crippen LogP contribution in [0.2, 0.25) is 0 Å². The molecule has 0 aliphatic carbocycles. The molecule has 0 radical (unpaired) electrons. The Morgan fingerprint density at radius 2 is 1.74 bits per heavy atom. The van der Waals surface area contributed by atoms with Crippen LogP contribution in [0.1, 0.15) is 10.4 Å². The van der Waals surface area contributed by atoms with Crippen molar-refractivity contribution in [2.24, 2.45) is 0 Å². The van der Waals surface area contributed by atoms with Gasteiger partial charge in [-0.15, -0.1) is 24.8 Å². The third kappa shape index (κ3) is 4.50. The van der Waals surface area contributed by atoms with E-state index >= 15 is 0 Å². The number of nitrogen functional groups attached to an aromatic ring is 1. The molecule has 0 atom stereocenters. The summed E-state index contributed by atoms with van der Waals surface area (Å²) in [6, 6.07) is 13.0. The van der Waals surface area contributed by atoms with E-state index < -0.39 is 0 Å². The highest BCUT2D eigenvalue weighted by atomic mass is 35.5. The molecule has 23 heavy (non-hydrogen) atoms. The van der Waals surface area contributed by atoms with Gasteiger partial charge in [0.1, 0.15) is 5.82 Å². The number of hydrogen-bond donors (Lipinski definition) is 1. The first kappa shape index (κ1) is 19.1. The van der Waals surface area contributed by atoms with E-state index in [0.29, 0.717) is 24.3 Å². The van der Waals surface area contributed by atoms with Crippen LogP contribution >= 0.6 is 24.8 Å². The Labute approximate surface area is 148 Å². The fraction of sp³-hybridized carbons (Fsp3) is 0.250. The number of benzene rings is 1. The first-order valence-corrected chi connectivity index (χ1v) is 7.05. The van der Waals surface area contributed by atoms with E-state index in [0.717, 1.165) is 18.9 Å². The van der Waals surface area contributed by atoms with E-state index in [1.54, 1.807) is 18.3 Å². The third-order valence-corrected chi connectivity index (χ3v) is 3.67. The fourth-order valence-electron chi connectivity index (χ4n) is 2.53. The molecule has 0 bridgehead atoms. The standard InChI is InChI=1S/C16H18N4O.2ClH/c17-14-5-3-4-13(12-14)16(21)20-10-8-19(9-11-20)15-6-1-2-7-18-15;;/h1-7,12H,8-11,17H2;2*1H. The van der Waals surface area contributed by atoms with E-state index in [2.05, 4.69) is 9.88 Å². The summed E-state index contributed by atoms with van der Waals surface area (Å²) in [6.07, 6.45) is 1.79. The Bertz CT molecular complexity index is 631. The lowest BCUT2D eigenvalue weighted by molar-refractivity contribution is 0.0746. The first-order chi connectivity index (χ1) is 10.2. The fourth-order valence-corrected chi connectivity index (χ4v) is 2.53. The zero-order chi connectivity index (χ0) is 14.7. The van der Waals surface area contributed by atoms with Crippen molar-refractivity contribution in [1.29, 1.82) is 0 Å². The second-order valence-corrected chi connectivity index (χ2v) is 5.09.